The fourth-order valence-corrected chi connectivity index (χ4v) is 3.23. The van der Waals surface area contributed by atoms with Crippen LogP contribution in [0.2, 0.25) is 0 Å². The Labute approximate surface area is 120 Å². The molecule has 0 spiro atoms. The molecule has 0 aliphatic heterocycles. The van der Waals surface area contributed by atoms with Crippen molar-refractivity contribution in [1.29, 1.82) is 0 Å². The molecule has 0 unspecified atom stereocenters. The first-order valence-corrected chi connectivity index (χ1v) is 7.37. The Morgan fingerprint density at radius 2 is 2.22 bits per heavy atom. The van der Waals surface area contributed by atoms with Gasteiger partial charge in [-0.2, -0.15) is 0 Å². The first-order chi connectivity index (χ1) is 8.59. The number of thiophene rings is 1. The first kappa shape index (κ1) is 13.6. The highest BCUT2D eigenvalue weighted by molar-refractivity contribution is 9.10. The van der Waals surface area contributed by atoms with E-state index in [9.17, 15) is 0 Å². The summed E-state index contributed by atoms with van der Waals surface area (Å²) in [5.74, 6) is 0.976. The van der Waals surface area contributed by atoms with Crippen molar-refractivity contribution in [3.05, 3.63) is 32.7 Å². The molecule has 0 aliphatic carbocycles. The maximum atomic E-state index is 4.39. The molecule has 1 N–H and O–H groups in total. The van der Waals surface area contributed by atoms with Gasteiger partial charge in [-0.1, -0.05) is 0 Å². The van der Waals surface area contributed by atoms with Gasteiger partial charge in [0.15, 0.2) is 0 Å². The molecule has 2 aromatic rings. The first-order valence-electron chi connectivity index (χ1n) is 5.70. The molecule has 0 bridgehead atoms. The molecule has 6 heteroatoms. The van der Waals surface area contributed by atoms with E-state index >= 15 is 0 Å². The lowest BCUT2D eigenvalue weighted by atomic mass is 10.4. The van der Waals surface area contributed by atoms with Crippen LogP contribution in [-0.2, 0) is 20.1 Å². The van der Waals surface area contributed by atoms with Crippen molar-refractivity contribution in [2.24, 2.45) is 7.05 Å². The summed E-state index contributed by atoms with van der Waals surface area (Å²) >= 11 is 5.30. The largest absolute Gasteiger partial charge is 0.348 e. The number of halogens is 1. The van der Waals surface area contributed by atoms with Gasteiger partial charge in [-0.15, -0.1) is 11.3 Å². The van der Waals surface area contributed by atoms with E-state index in [-0.39, 0.29) is 0 Å². The van der Waals surface area contributed by atoms with E-state index in [2.05, 4.69) is 42.2 Å². The molecule has 0 aliphatic rings. The topological polar surface area (TPSA) is 33.1 Å². The van der Waals surface area contributed by atoms with Crippen molar-refractivity contribution >= 4 is 33.2 Å². The highest BCUT2D eigenvalue weighted by Crippen LogP contribution is 2.22. The third kappa shape index (κ3) is 2.93. The van der Waals surface area contributed by atoms with E-state index in [0.717, 1.165) is 19.0 Å². The van der Waals surface area contributed by atoms with Gasteiger partial charge in [-0.25, -0.2) is 4.98 Å². The smallest absolute Gasteiger partial charge is 0.204 e. The summed E-state index contributed by atoms with van der Waals surface area (Å²) in [6, 6.07) is 2.08. The van der Waals surface area contributed by atoms with Gasteiger partial charge < -0.3 is 14.8 Å². The summed E-state index contributed by atoms with van der Waals surface area (Å²) in [4.78, 5) is 7.73. The Kier molecular flexibility index (Phi) is 4.42. The number of rotatable bonds is 5. The number of hydrogen-bond acceptors (Lipinski definition) is 4. The number of anilines is 1. The van der Waals surface area contributed by atoms with E-state index in [1.807, 2.05) is 32.2 Å². The number of hydrogen-bond donors (Lipinski definition) is 1. The van der Waals surface area contributed by atoms with Crippen molar-refractivity contribution in [3.8, 4) is 0 Å². The van der Waals surface area contributed by atoms with Crippen molar-refractivity contribution < 1.29 is 0 Å². The molecular weight excluding hydrogens is 312 g/mol. The molecule has 0 saturated heterocycles. The molecule has 2 rings (SSSR count). The third-order valence-electron chi connectivity index (χ3n) is 2.74. The molecule has 0 fully saturated rings. The number of nitrogens with zero attached hydrogens (tertiary/aromatic N) is 3. The van der Waals surface area contributed by atoms with Gasteiger partial charge in [-0.05, 0) is 27.4 Å². The highest BCUT2D eigenvalue weighted by Gasteiger charge is 2.08. The Balaban J connectivity index is 1.93. The number of nitrogens with one attached hydrogen (secondary N) is 1. The summed E-state index contributed by atoms with van der Waals surface area (Å²) in [5, 5.41) is 5.53. The lowest BCUT2D eigenvalue weighted by Crippen LogP contribution is -2.17. The Hall–Kier alpha value is -0.850. The SMILES string of the molecule is CN(C)c1ncc(CNCc2sccc2Br)n1C. The maximum absolute atomic E-state index is 4.39. The molecule has 0 saturated carbocycles. The molecule has 4 nitrogen and oxygen atoms in total. The van der Waals surface area contributed by atoms with E-state index in [1.165, 1.54) is 15.0 Å². The minimum Gasteiger partial charge on any atom is -0.348 e. The van der Waals surface area contributed by atoms with E-state index in [1.54, 1.807) is 11.3 Å². The van der Waals surface area contributed by atoms with Crippen LogP contribution in [0.4, 0.5) is 5.95 Å². The molecule has 0 radical (unpaired) electrons. The fourth-order valence-electron chi connectivity index (χ4n) is 1.77. The second-order valence-corrected chi connectivity index (χ2v) is 6.15. The van der Waals surface area contributed by atoms with E-state index in [0.29, 0.717) is 0 Å². The zero-order valence-corrected chi connectivity index (χ0v) is 13.2. The van der Waals surface area contributed by atoms with Gasteiger partial charge in [0.2, 0.25) is 5.95 Å². The van der Waals surface area contributed by atoms with Gasteiger partial charge >= 0.3 is 0 Å². The van der Waals surface area contributed by atoms with Crippen LogP contribution >= 0.6 is 27.3 Å². The monoisotopic (exact) mass is 328 g/mol. The predicted molar refractivity (Wildman–Crippen MR) is 80.1 cm³/mol. The average Bonchev–Trinajstić information content (AvgIpc) is 2.87. The lowest BCUT2D eigenvalue weighted by Gasteiger charge is -2.12. The molecule has 98 valence electrons. The van der Waals surface area contributed by atoms with Gasteiger partial charge in [0, 0.05) is 43.6 Å². The summed E-state index contributed by atoms with van der Waals surface area (Å²) in [6.07, 6.45) is 1.92. The van der Waals surface area contributed by atoms with Gasteiger partial charge in [0.25, 0.3) is 0 Å². The number of imidazole rings is 1. The predicted octanol–water partition coefficient (Wildman–Crippen LogP) is 2.60. The van der Waals surface area contributed by atoms with Crippen molar-refractivity contribution in [2.45, 2.75) is 13.1 Å². The summed E-state index contributed by atoms with van der Waals surface area (Å²) in [5.41, 5.74) is 1.19. The van der Waals surface area contributed by atoms with E-state index in [4.69, 9.17) is 0 Å². The minimum absolute atomic E-state index is 0.821. The zero-order valence-electron chi connectivity index (χ0n) is 10.8. The minimum atomic E-state index is 0.821. The van der Waals surface area contributed by atoms with Crippen LogP contribution in [0.5, 0.6) is 0 Å². The second kappa shape index (κ2) is 5.86. The van der Waals surface area contributed by atoms with Crippen LogP contribution in [-0.4, -0.2) is 23.6 Å². The molecule has 2 aromatic heterocycles. The van der Waals surface area contributed by atoms with Crippen LogP contribution in [0.25, 0.3) is 0 Å². The third-order valence-corrected chi connectivity index (χ3v) is 4.67. The average molecular weight is 329 g/mol. The van der Waals surface area contributed by atoms with Gasteiger partial charge in [0.1, 0.15) is 0 Å². The fraction of sp³-hybridized carbons (Fsp3) is 0.417. The summed E-state index contributed by atoms with van der Waals surface area (Å²) < 4.78 is 3.29. The Morgan fingerprint density at radius 1 is 1.44 bits per heavy atom. The standard InChI is InChI=1S/C12H17BrN4S/c1-16(2)12-15-7-9(17(12)3)6-14-8-11-10(13)4-5-18-11/h4-5,7,14H,6,8H2,1-3H3. The van der Waals surface area contributed by atoms with Crippen LogP contribution in [0.1, 0.15) is 10.6 Å². The Morgan fingerprint density at radius 3 is 2.78 bits per heavy atom. The Bertz CT molecular complexity index is 518. The van der Waals surface area contributed by atoms with Crippen molar-refractivity contribution in [3.63, 3.8) is 0 Å². The quantitative estimate of drug-likeness (QED) is 0.915. The van der Waals surface area contributed by atoms with Crippen LogP contribution in [0, 0.1) is 0 Å². The maximum Gasteiger partial charge on any atom is 0.204 e. The molecule has 18 heavy (non-hydrogen) atoms. The molecular formula is C12H17BrN4S. The van der Waals surface area contributed by atoms with Gasteiger partial charge in [-0.3, -0.25) is 0 Å². The van der Waals surface area contributed by atoms with Crippen LogP contribution in [0.15, 0.2) is 22.1 Å². The molecule has 0 aromatic carbocycles. The molecule has 0 atom stereocenters. The molecule has 0 amide bonds. The highest BCUT2D eigenvalue weighted by atomic mass is 79.9. The van der Waals surface area contributed by atoms with Gasteiger partial charge in [0.05, 0.1) is 11.9 Å². The van der Waals surface area contributed by atoms with E-state index < -0.39 is 0 Å². The van der Waals surface area contributed by atoms with Crippen LogP contribution in [0.3, 0.4) is 0 Å². The summed E-state index contributed by atoms with van der Waals surface area (Å²) in [6.45, 7) is 1.70. The second-order valence-electron chi connectivity index (χ2n) is 4.30. The number of aromatic nitrogens is 2. The van der Waals surface area contributed by atoms with Crippen molar-refractivity contribution in [2.75, 3.05) is 19.0 Å². The zero-order chi connectivity index (χ0) is 13.1. The summed E-state index contributed by atoms with van der Waals surface area (Å²) in [7, 11) is 6.05. The normalized spacial score (nSPS) is 10.9. The lowest BCUT2D eigenvalue weighted by molar-refractivity contribution is 0.658. The van der Waals surface area contributed by atoms with Crippen LogP contribution < -0.4 is 10.2 Å². The molecule has 2 heterocycles. The van der Waals surface area contributed by atoms with Crippen molar-refractivity contribution in [1.82, 2.24) is 14.9 Å².